The van der Waals surface area contributed by atoms with Gasteiger partial charge in [0.05, 0.1) is 11.4 Å². The van der Waals surface area contributed by atoms with Crippen molar-refractivity contribution in [2.75, 3.05) is 29.9 Å². The van der Waals surface area contributed by atoms with Gasteiger partial charge in [0.1, 0.15) is 29.6 Å². The summed E-state index contributed by atoms with van der Waals surface area (Å²) in [6.07, 6.45) is 2.23. The number of halogens is 3. The average molecular weight is 465 g/mol. The lowest BCUT2D eigenvalue weighted by Crippen LogP contribution is -2.37. The van der Waals surface area contributed by atoms with Gasteiger partial charge >= 0.3 is 0 Å². The SMILES string of the molecule is Cc1cc(CCl)cc(F)c1N1CCC[C@@](O)(COc2ccc(F)c3c2CCC(=O)N3)CC1. The minimum Gasteiger partial charge on any atom is -0.490 e. The summed E-state index contributed by atoms with van der Waals surface area (Å²) >= 11 is 5.85. The van der Waals surface area contributed by atoms with Gasteiger partial charge in [-0.05, 0) is 61.9 Å². The molecule has 1 saturated heterocycles. The fourth-order valence-electron chi connectivity index (χ4n) is 4.60. The number of nitrogens with zero attached hydrogens (tertiary/aromatic N) is 1. The molecule has 172 valence electrons. The van der Waals surface area contributed by atoms with Gasteiger partial charge in [0.25, 0.3) is 0 Å². The molecule has 0 radical (unpaired) electrons. The summed E-state index contributed by atoms with van der Waals surface area (Å²) in [5.41, 5.74) is 1.79. The number of ether oxygens (including phenoxy) is 1. The van der Waals surface area contributed by atoms with Crippen molar-refractivity contribution in [1.82, 2.24) is 0 Å². The van der Waals surface area contributed by atoms with Gasteiger partial charge in [0.15, 0.2) is 0 Å². The first-order chi connectivity index (χ1) is 15.3. The van der Waals surface area contributed by atoms with Crippen molar-refractivity contribution >= 4 is 28.9 Å². The monoisotopic (exact) mass is 464 g/mol. The van der Waals surface area contributed by atoms with Crippen LogP contribution in [0.5, 0.6) is 5.75 Å². The van der Waals surface area contributed by atoms with E-state index in [1.54, 1.807) is 0 Å². The van der Waals surface area contributed by atoms with Crippen LogP contribution in [0.3, 0.4) is 0 Å². The van der Waals surface area contributed by atoms with E-state index in [0.29, 0.717) is 55.8 Å². The number of hydrogen-bond donors (Lipinski definition) is 2. The maximum Gasteiger partial charge on any atom is 0.224 e. The number of alkyl halides is 1. The van der Waals surface area contributed by atoms with Crippen LogP contribution >= 0.6 is 11.6 Å². The highest BCUT2D eigenvalue weighted by atomic mass is 35.5. The summed E-state index contributed by atoms with van der Waals surface area (Å²) in [5, 5.41) is 13.8. The summed E-state index contributed by atoms with van der Waals surface area (Å²) < 4.78 is 34.8. The zero-order valence-electron chi connectivity index (χ0n) is 18.0. The molecule has 0 aromatic heterocycles. The molecule has 2 aromatic rings. The van der Waals surface area contributed by atoms with Crippen LogP contribution < -0.4 is 15.0 Å². The third kappa shape index (κ3) is 4.69. The molecule has 1 amide bonds. The number of nitrogens with one attached hydrogen (secondary N) is 1. The van der Waals surface area contributed by atoms with Crippen LogP contribution in [0.1, 0.15) is 42.4 Å². The third-order valence-corrected chi connectivity index (χ3v) is 6.59. The van der Waals surface area contributed by atoms with Gasteiger partial charge in [-0.1, -0.05) is 6.07 Å². The quantitative estimate of drug-likeness (QED) is 0.630. The van der Waals surface area contributed by atoms with Crippen LogP contribution in [0, 0.1) is 18.6 Å². The molecule has 0 saturated carbocycles. The summed E-state index contributed by atoms with van der Waals surface area (Å²) in [6.45, 7) is 3.01. The second kappa shape index (κ2) is 9.24. The molecule has 5 nitrogen and oxygen atoms in total. The van der Waals surface area contributed by atoms with E-state index in [2.05, 4.69) is 5.32 Å². The Labute approximate surface area is 191 Å². The van der Waals surface area contributed by atoms with Gasteiger partial charge in [-0.2, -0.15) is 0 Å². The Balaban J connectivity index is 1.46. The van der Waals surface area contributed by atoms with Crippen LogP contribution in [-0.2, 0) is 17.1 Å². The lowest BCUT2D eigenvalue weighted by atomic mass is 9.96. The number of fused-ring (bicyclic) bond motifs is 1. The summed E-state index contributed by atoms with van der Waals surface area (Å²) in [6, 6.07) is 6.15. The van der Waals surface area contributed by atoms with Crippen molar-refractivity contribution in [1.29, 1.82) is 0 Å². The first kappa shape index (κ1) is 22.8. The van der Waals surface area contributed by atoms with Gasteiger partial charge in [-0.25, -0.2) is 8.78 Å². The first-order valence-corrected chi connectivity index (χ1v) is 11.4. The predicted molar refractivity (Wildman–Crippen MR) is 121 cm³/mol. The summed E-state index contributed by atoms with van der Waals surface area (Å²) in [5.74, 6) is -0.303. The highest BCUT2D eigenvalue weighted by Gasteiger charge is 2.33. The Morgan fingerprint density at radius 3 is 2.75 bits per heavy atom. The molecule has 2 aromatic carbocycles. The van der Waals surface area contributed by atoms with Crippen molar-refractivity contribution in [3.63, 3.8) is 0 Å². The van der Waals surface area contributed by atoms with E-state index in [-0.39, 0.29) is 36.3 Å². The van der Waals surface area contributed by atoms with E-state index in [0.717, 1.165) is 11.1 Å². The molecule has 0 bridgehead atoms. The van der Waals surface area contributed by atoms with Crippen molar-refractivity contribution in [3.05, 3.63) is 52.6 Å². The molecular weight excluding hydrogens is 438 g/mol. The van der Waals surface area contributed by atoms with Crippen LogP contribution in [0.2, 0.25) is 0 Å². The van der Waals surface area contributed by atoms with Crippen LogP contribution in [0.25, 0.3) is 0 Å². The molecule has 1 fully saturated rings. The number of anilines is 2. The number of benzene rings is 2. The minimum absolute atomic E-state index is 0.0412. The number of carbonyl (C=O) groups is 1. The lowest BCUT2D eigenvalue weighted by molar-refractivity contribution is -0.116. The second-order valence-electron chi connectivity index (χ2n) is 8.68. The largest absolute Gasteiger partial charge is 0.490 e. The highest BCUT2D eigenvalue weighted by Crippen LogP contribution is 2.35. The highest BCUT2D eigenvalue weighted by molar-refractivity contribution is 6.17. The maximum atomic E-state index is 14.7. The van der Waals surface area contributed by atoms with E-state index in [1.165, 1.54) is 18.2 Å². The zero-order chi connectivity index (χ0) is 22.9. The Hall–Kier alpha value is -2.38. The van der Waals surface area contributed by atoms with E-state index < -0.39 is 11.4 Å². The van der Waals surface area contributed by atoms with E-state index in [9.17, 15) is 18.7 Å². The van der Waals surface area contributed by atoms with E-state index >= 15 is 0 Å². The molecule has 2 aliphatic heterocycles. The Morgan fingerprint density at radius 2 is 2.00 bits per heavy atom. The van der Waals surface area contributed by atoms with E-state index in [4.69, 9.17) is 16.3 Å². The Kier molecular flexibility index (Phi) is 6.58. The van der Waals surface area contributed by atoms with Crippen LogP contribution in [-0.4, -0.2) is 36.3 Å². The van der Waals surface area contributed by atoms with Crippen molar-refractivity contribution in [2.24, 2.45) is 0 Å². The second-order valence-corrected chi connectivity index (χ2v) is 8.94. The molecule has 1 atom stereocenters. The summed E-state index contributed by atoms with van der Waals surface area (Å²) in [7, 11) is 0. The van der Waals surface area contributed by atoms with Gasteiger partial charge in [0, 0.05) is 31.0 Å². The predicted octanol–water partition coefficient (Wildman–Crippen LogP) is 4.70. The van der Waals surface area contributed by atoms with Crippen LogP contribution in [0.4, 0.5) is 20.2 Å². The topological polar surface area (TPSA) is 61.8 Å². The molecule has 8 heteroatoms. The number of rotatable bonds is 5. The Bertz CT molecular complexity index is 1010. The lowest BCUT2D eigenvalue weighted by Gasteiger charge is -2.29. The number of aliphatic hydroxyl groups is 1. The molecule has 2 N–H and O–H groups in total. The first-order valence-electron chi connectivity index (χ1n) is 10.9. The normalized spacial score (nSPS) is 21.0. The van der Waals surface area contributed by atoms with Gasteiger partial charge < -0.3 is 20.1 Å². The molecule has 0 spiro atoms. The molecule has 0 aliphatic carbocycles. The number of carbonyl (C=O) groups excluding carboxylic acids is 1. The third-order valence-electron chi connectivity index (χ3n) is 6.28. The Morgan fingerprint density at radius 1 is 1.19 bits per heavy atom. The van der Waals surface area contributed by atoms with Gasteiger partial charge in [-0.3, -0.25) is 4.79 Å². The fraction of sp³-hybridized carbons (Fsp3) is 0.458. The molecular formula is C24H27ClF2N2O3. The van der Waals surface area contributed by atoms with Crippen molar-refractivity contribution in [3.8, 4) is 5.75 Å². The van der Waals surface area contributed by atoms with Crippen molar-refractivity contribution in [2.45, 2.75) is 50.5 Å². The van der Waals surface area contributed by atoms with Gasteiger partial charge in [0.2, 0.25) is 5.91 Å². The molecule has 4 rings (SSSR count). The fourth-order valence-corrected chi connectivity index (χ4v) is 4.76. The molecule has 2 heterocycles. The summed E-state index contributed by atoms with van der Waals surface area (Å²) in [4.78, 5) is 13.6. The molecule has 2 aliphatic rings. The smallest absolute Gasteiger partial charge is 0.224 e. The molecule has 0 unspecified atom stereocenters. The number of hydrogen-bond acceptors (Lipinski definition) is 4. The van der Waals surface area contributed by atoms with Crippen LogP contribution in [0.15, 0.2) is 24.3 Å². The maximum absolute atomic E-state index is 14.7. The zero-order valence-corrected chi connectivity index (χ0v) is 18.8. The molecule has 32 heavy (non-hydrogen) atoms. The van der Waals surface area contributed by atoms with Gasteiger partial charge in [-0.15, -0.1) is 11.6 Å². The standard InChI is InChI=1S/C24H27ClF2N2O3/c1-15-11-16(13-25)12-19(27)23(15)29-9-2-7-24(31,8-10-29)14-32-20-5-4-18(26)22-17(20)3-6-21(30)28-22/h4-5,11-12,31H,2-3,6-10,13-14H2,1H3,(H,28,30)/t24-/m0/s1. The number of amides is 1. The van der Waals surface area contributed by atoms with Crippen molar-refractivity contribution < 1.29 is 23.4 Å². The minimum atomic E-state index is -1.09. The number of aryl methyl sites for hydroxylation is 1. The average Bonchev–Trinajstić information content (AvgIpc) is 2.95. The van der Waals surface area contributed by atoms with E-state index in [1.807, 2.05) is 17.9 Å².